The second-order valence-corrected chi connectivity index (χ2v) is 7.65. The summed E-state index contributed by atoms with van der Waals surface area (Å²) in [5, 5.41) is 6.77. The van der Waals surface area contributed by atoms with E-state index in [1.807, 2.05) is 18.7 Å². The third-order valence-corrected chi connectivity index (χ3v) is 5.46. The minimum Gasteiger partial charge on any atom is -0.489 e. The number of carbonyl (C=O) groups is 2. The van der Waals surface area contributed by atoms with Crippen molar-refractivity contribution in [2.24, 2.45) is 0 Å². The van der Waals surface area contributed by atoms with E-state index in [0.29, 0.717) is 29.2 Å². The van der Waals surface area contributed by atoms with Crippen molar-refractivity contribution < 1.29 is 18.8 Å². The van der Waals surface area contributed by atoms with Crippen LogP contribution < -0.4 is 10.1 Å². The van der Waals surface area contributed by atoms with Crippen LogP contribution in [0, 0.1) is 13.8 Å². The van der Waals surface area contributed by atoms with Crippen LogP contribution in [0.1, 0.15) is 50.6 Å². The standard InChI is InChI=1S/C24H25N3O4/c1-16-22(17(2)31-26-16)15-30-21-11-7-18(8-12-21)23(28)25-20-9-5-19(6-10-20)24(29)27-13-3-4-14-27/h5-12H,3-4,13-15H2,1-2H3,(H,25,28). The fourth-order valence-electron chi connectivity index (χ4n) is 3.57. The third-order valence-electron chi connectivity index (χ3n) is 5.46. The zero-order valence-corrected chi connectivity index (χ0v) is 17.7. The molecule has 0 saturated carbocycles. The van der Waals surface area contributed by atoms with Gasteiger partial charge in [0.25, 0.3) is 11.8 Å². The van der Waals surface area contributed by atoms with Crippen LogP contribution in [0.5, 0.6) is 5.75 Å². The number of ether oxygens (including phenoxy) is 1. The quantitative estimate of drug-likeness (QED) is 0.642. The summed E-state index contributed by atoms with van der Waals surface area (Å²) in [7, 11) is 0. The lowest BCUT2D eigenvalue weighted by molar-refractivity contribution is 0.0792. The van der Waals surface area contributed by atoms with Gasteiger partial charge in [0, 0.05) is 29.9 Å². The highest BCUT2D eigenvalue weighted by Gasteiger charge is 2.19. The molecule has 1 fully saturated rings. The number of amides is 2. The normalized spacial score (nSPS) is 13.3. The van der Waals surface area contributed by atoms with E-state index in [-0.39, 0.29) is 11.8 Å². The largest absolute Gasteiger partial charge is 0.489 e. The molecular weight excluding hydrogens is 394 g/mol. The summed E-state index contributed by atoms with van der Waals surface area (Å²) < 4.78 is 10.9. The van der Waals surface area contributed by atoms with Gasteiger partial charge in [-0.2, -0.15) is 0 Å². The van der Waals surface area contributed by atoms with E-state index < -0.39 is 0 Å². The van der Waals surface area contributed by atoms with E-state index in [9.17, 15) is 9.59 Å². The molecule has 0 bridgehead atoms. The van der Waals surface area contributed by atoms with Crippen LogP contribution in [0.15, 0.2) is 53.1 Å². The van der Waals surface area contributed by atoms with Gasteiger partial charge in [0.1, 0.15) is 18.1 Å². The molecule has 0 spiro atoms. The van der Waals surface area contributed by atoms with Crippen LogP contribution in [0.4, 0.5) is 5.69 Å². The van der Waals surface area contributed by atoms with Gasteiger partial charge in [-0.1, -0.05) is 5.16 Å². The molecule has 7 nitrogen and oxygen atoms in total. The number of nitrogens with zero attached hydrogens (tertiary/aromatic N) is 2. The topological polar surface area (TPSA) is 84.7 Å². The molecule has 2 aromatic carbocycles. The Bertz CT molecular complexity index is 1050. The van der Waals surface area contributed by atoms with Crippen molar-refractivity contribution in [2.75, 3.05) is 18.4 Å². The van der Waals surface area contributed by atoms with Gasteiger partial charge >= 0.3 is 0 Å². The Balaban J connectivity index is 1.33. The van der Waals surface area contributed by atoms with Gasteiger partial charge in [0.2, 0.25) is 0 Å². The highest BCUT2D eigenvalue weighted by atomic mass is 16.5. The van der Waals surface area contributed by atoms with Crippen molar-refractivity contribution in [3.05, 3.63) is 76.7 Å². The number of likely N-dealkylation sites (tertiary alicyclic amines) is 1. The lowest BCUT2D eigenvalue weighted by Crippen LogP contribution is -2.27. The average molecular weight is 419 g/mol. The Morgan fingerprint density at radius 1 is 1.00 bits per heavy atom. The molecule has 2 heterocycles. The maximum absolute atomic E-state index is 12.5. The maximum atomic E-state index is 12.5. The van der Waals surface area contributed by atoms with Crippen molar-refractivity contribution in [1.82, 2.24) is 10.1 Å². The lowest BCUT2D eigenvalue weighted by atomic mass is 10.1. The Hall–Kier alpha value is -3.61. The first-order valence-electron chi connectivity index (χ1n) is 10.4. The van der Waals surface area contributed by atoms with Crippen molar-refractivity contribution in [3.8, 4) is 5.75 Å². The van der Waals surface area contributed by atoms with Crippen molar-refractivity contribution in [2.45, 2.75) is 33.3 Å². The highest BCUT2D eigenvalue weighted by molar-refractivity contribution is 6.04. The first-order chi connectivity index (χ1) is 15.0. The van der Waals surface area contributed by atoms with Crippen molar-refractivity contribution >= 4 is 17.5 Å². The molecule has 1 aliphatic rings. The fraction of sp³-hybridized carbons (Fsp3) is 0.292. The monoisotopic (exact) mass is 419 g/mol. The zero-order chi connectivity index (χ0) is 21.8. The number of aryl methyl sites for hydroxylation is 2. The third kappa shape index (κ3) is 4.77. The Labute approximate surface area is 181 Å². The van der Waals surface area contributed by atoms with Crippen LogP contribution in [0.25, 0.3) is 0 Å². The van der Waals surface area contributed by atoms with Crippen LogP contribution >= 0.6 is 0 Å². The molecule has 31 heavy (non-hydrogen) atoms. The molecule has 1 N–H and O–H groups in total. The summed E-state index contributed by atoms with van der Waals surface area (Å²) in [5.41, 5.74) is 3.53. The van der Waals surface area contributed by atoms with Gasteiger partial charge in [-0.3, -0.25) is 9.59 Å². The minimum atomic E-state index is -0.226. The van der Waals surface area contributed by atoms with Gasteiger partial charge in [0.05, 0.1) is 11.3 Å². The van der Waals surface area contributed by atoms with Crippen molar-refractivity contribution in [1.29, 1.82) is 0 Å². The van der Waals surface area contributed by atoms with Crippen molar-refractivity contribution in [3.63, 3.8) is 0 Å². The number of aromatic nitrogens is 1. The molecular formula is C24H25N3O4. The average Bonchev–Trinajstić information content (AvgIpc) is 3.43. The molecule has 160 valence electrons. The SMILES string of the molecule is Cc1noc(C)c1COc1ccc(C(=O)Nc2ccc(C(=O)N3CCCC3)cc2)cc1. The Morgan fingerprint density at radius 2 is 1.65 bits per heavy atom. The molecule has 7 heteroatoms. The molecule has 0 atom stereocenters. The van der Waals surface area contributed by atoms with E-state index in [0.717, 1.165) is 42.9 Å². The van der Waals surface area contributed by atoms with E-state index >= 15 is 0 Å². The van der Waals surface area contributed by atoms with Gasteiger partial charge in [-0.05, 0) is 75.2 Å². The second kappa shape index (κ2) is 9.04. The zero-order valence-electron chi connectivity index (χ0n) is 17.7. The predicted molar refractivity (Wildman–Crippen MR) is 116 cm³/mol. The number of hydrogen-bond donors (Lipinski definition) is 1. The number of rotatable bonds is 6. The molecule has 1 saturated heterocycles. The van der Waals surface area contributed by atoms with E-state index in [2.05, 4.69) is 10.5 Å². The summed E-state index contributed by atoms with van der Waals surface area (Å²) >= 11 is 0. The van der Waals surface area contributed by atoms with Crippen LogP contribution in [0.3, 0.4) is 0 Å². The summed E-state index contributed by atoms with van der Waals surface area (Å²) in [5.74, 6) is 1.21. The van der Waals surface area contributed by atoms with E-state index in [1.165, 1.54) is 0 Å². The Morgan fingerprint density at radius 3 is 2.26 bits per heavy atom. The number of nitrogens with one attached hydrogen (secondary N) is 1. The summed E-state index contributed by atoms with van der Waals surface area (Å²) in [6, 6.07) is 13.9. The van der Waals surface area contributed by atoms with Gasteiger partial charge < -0.3 is 19.5 Å². The number of anilines is 1. The summed E-state index contributed by atoms with van der Waals surface area (Å²) in [6.45, 7) is 5.71. The number of benzene rings is 2. The second-order valence-electron chi connectivity index (χ2n) is 7.65. The van der Waals surface area contributed by atoms with E-state index in [4.69, 9.17) is 9.26 Å². The fourth-order valence-corrected chi connectivity index (χ4v) is 3.57. The predicted octanol–water partition coefficient (Wildman–Crippen LogP) is 4.36. The van der Waals surface area contributed by atoms with Gasteiger partial charge in [-0.15, -0.1) is 0 Å². The highest BCUT2D eigenvalue weighted by Crippen LogP contribution is 2.19. The molecule has 0 radical (unpaired) electrons. The van der Waals surface area contributed by atoms with Crippen LogP contribution in [-0.2, 0) is 6.61 Å². The van der Waals surface area contributed by atoms with Gasteiger partial charge in [0.15, 0.2) is 0 Å². The molecule has 3 aromatic rings. The molecule has 1 aromatic heterocycles. The molecule has 0 aliphatic carbocycles. The van der Waals surface area contributed by atoms with E-state index in [1.54, 1.807) is 48.5 Å². The molecule has 4 rings (SSSR count). The summed E-state index contributed by atoms with van der Waals surface area (Å²) in [6.07, 6.45) is 2.12. The van der Waals surface area contributed by atoms with Gasteiger partial charge in [-0.25, -0.2) is 0 Å². The maximum Gasteiger partial charge on any atom is 0.255 e. The summed E-state index contributed by atoms with van der Waals surface area (Å²) in [4.78, 5) is 26.8. The Kier molecular flexibility index (Phi) is 6.02. The number of hydrogen-bond acceptors (Lipinski definition) is 5. The minimum absolute atomic E-state index is 0.0440. The van der Waals surface area contributed by atoms with Crippen LogP contribution in [0.2, 0.25) is 0 Å². The molecule has 0 unspecified atom stereocenters. The molecule has 2 amide bonds. The first-order valence-corrected chi connectivity index (χ1v) is 10.4. The lowest BCUT2D eigenvalue weighted by Gasteiger charge is -2.15. The van der Waals surface area contributed by atoms with Crippen LogP contribution in [-0.4, -0.2) is 35.0 Å². The first kappa shape index (κ1) is 20.7. The molecule has 1 aliphatic heterocycles. The smallest absolute Gasteiger partial charge is 0.255 e. The number of carbonyl (C=O) groups excluding carboxylic acids is 2.